The number of rotatable bonds is 8. The number of ether oxygens (including phenoxy) is 2. The van der Waals surface area contributed by atoms with Crippen LogP contribution in [0.4, 0.5) is 10.2 Å². The summed E-state index contributed by atoms with van der Waals surface area (Å²) in [6, 6.07) is 4.34. The Bertz CT molecular complexity index is 1100. The second-order valence-electron chi connectivity index (χ2n) is 7.83. The van der Waals surface area contributed by atoms with Gasteiger partial charge in [-0.1, -0.05) is 6.92 Å². The third kappa shape index (κ3) is 4.54. The minimum Gasteiger partial charge on any atom is -0.454 e. The summed E-state index contributed by atoms with van der Waals surface area (Å²) in [5.41, 5.74) is 7.87. The van der Waals surface area contributed by atoms with E-state index in [9.17, 15) is 4.39 Å². The molecule has 8 nitrogen and oxygen atoms in total. The van der Waals surface area contributed by atoms with Gasteiger partial charge in [-0.25, -0.2) is 4.98 Å². The van der Waals surface area contributed by atoms with E-state index in [4.69, 9.17) is 20.2 Å². The number of nitrogens with two attached hydrogens (primary N) is 1. The van der Waals surface area contributed by atoms with Gasteiger partial charge in [0.15, 0.2) is 28.5 Å². The molecule has 0 fully saturated rings. The lowest BCUT2D eigenvalue weighted by molar-refractivity contribution is 0.174. The molecular formula is C21H26FIN6O2. The normalized spacial score (nSPS) is 13.1. The summed E-state index contributed by atoms with van der Waals surface area (Å²) in [5.74, 6) is 2.28. The number of imidazole rings is 1. The standard InChI is InChI=1S/C21H26FIN6O2/c1-4-5-28(12(2)3)6-7-29-17(25-18-19(24)26-21(22)27-20(18)29)9-13-8-15-16(10-14(13)23)31-11-30-15/h8,10,12H,4-7,9,11H2,1-3H3,(H2,24,26,27). The molecule has 2 aromatic heterocycles. The maximum absolute atomic E-state index is 14.0. The van der Waals surface area contributed by atoms with Crippen molar-refractivity contribution < 1.29 is 13.9 Å². The molecule has 0 radical (unpaired) electrons. The highest BCUT2D eigenvalue weighted by Crippen LogP contribution is 2.36. The number of nitrogen functional groups attached to an aromatic ring is 1. The number of aromatic nitrogens is 4. The Morgan fingerprint density at radius 3 is 2.65 bits per heavy atom. The van der Waals surface area contributed by atoms with Crippen LogP contribution in [0.5, 0.6) is 11.5 Å². The molecule has 0 bridgehead atoms. The van der Waals surface area contributed by atoms with E-state index in [0.29, 0.717) is 30.2 Å². The van der Waals surface area contributed by atoms with Crippen molar-refractivity contribution in [1.29, 1.82) is 0 Å². The Morgan fingerprint density at radius 2 is 1.94 bits per heavy atom. The largest absolute Gasteiger partial charge is 0.454 e. The monoisotopic (exact) mass is 540 g/mol. The van der Waals surface area contributed by atoms with Crippen LogP contribution in [0.1, 0.15) is 38.6 Å². The molecule has 2 N–H and O–H groups in total. The zero-order valence-corrected chi connectivity index (χ0v) is 20.0. The molecule has 0 saturated heterocycles. The third-order valence-corrected chi connectivity index (χ3v) is 6.42. The highest BCUT2D eigenvalue weighted by molar-refractivity contribution is 14.1. The van der Waals surface area contributed by atoms with Crippen LogP contribution >= 0.6 is 22.6 Å². The summed E-state index contributed by atoms with van der Waals surface area (Å²) in [4.78, 5) is 14.8. The van der Waals surface area contributed by atoms with Crippen molar-refractivity contribution in [3.8, 4) is 11.5 Å². The molecule has 3 aromatic rings. The fourth-order valence-electron chi connectivity index (χ4n) is 3.82. The quantitative estimate of drug-likeness (QED) is 0.345. The first-order valence-corrected chi connectivity index (χ1v) is 11.5. The fourth-order valence-corrected chi connectivity index (χ4v) is 4.45. The summed E-state index contributed by atoms with van der Waals surface area (Å²) in [6.45, 7) is 9.16. The van der Waals surface area contributed by atoms with Crippen LogP contribution in [0.2, 0.25) is 0 Å². The van der Waals surface area contributed by atoms with Gasteiger partial charge in [-0.05, 0) is 67.1 Å². The Morgan fingerprint density at radius 1 is 1.19 bits per heavy atom. The smallest absolute Gasteiger partial charge is 0.312 e. The Hall–Kier alpha value is -2.21. The SMILES string of the molecule is CCCN(CCn1c(Cc2cc3c(cc2I)OCO3)nc2c(N)nc(F)nc21)C(C)C. The van der Waals surface area contributed by atoms with E-state index in [2.05, 4.69) is 58.2 Å². The zero-order valence-electron chi connectivity index (χ0n) is 17.9. The maximum Gasteiger partial charge on any atom is 0.312 e. The first kappa shape index (κ1) is 22.0. The Balaban J connectivity index is 1.72. The molecule has 0 atom stereocenters. The minimum absolute atomic E-state index is 0.0529. The second kappa shape index (κ2) is 9.11. The molecule has 1 aromatic carbocycles. The zero-order chi connectivity index (χ0) is 22.1. The lowest BCUT2D eigenvalue weighted by Crippen LogP contribution is -2.34. The summed E-state index contributed by atoms with van der Waals surface area (Å²) in [6.07, 6.45) is 0.751. The van der Waals surface area contributed by atoms with E-state index in [0.717, 1.165) is 46.0 Å². The fraction of sp³-hybridized carbons (Fsp3) is 0.476. The van der Waals surface area contributed by atoms with E-state index in [1.807, 2.05) is 16.7 Å². The number of nitrogens with zero attached hydrogens (tertiary/aromatic N) is 5. The highest BCUT2D eigenvalue weighted by atomic mass is 127. The topological polar surface area (TPSA) is 91.3 Å². The molecule has 166 valence electrons. The van der Waals surface area contributed by atoms with Crippen LogP contribution in [-0.2, 0) is 13.0 Å². The predicted molar refractivity (Wildman–Crippen MR) is 125 cm³/mol. The van der Waals surface area contributed by atoms with Gasteiger partial charge in [0.2, 0.25) is 6.79 Å². The van der Waals surface area contributed by atoms with E-state index in [1.165, 1.54) is 0 Å². The minimum atomic E-state index is -0.843. The van der Waals surface area contributed by atoms with E-state index in [-0.39, 0.29) is 12.6 Å². The van der Waals surface area contributed by atoms with E-state index < -0.39 is 6.08 Å². The Kier molecular flexibility index (Phi) is 6.47. The van der Waals surface area contributed by atoms with Crippen molar-refractivity contribution in [2.45, 2.75) is 46.2 Å². The van der Waals surface area contributed by atoms with Crippen LogP contribution < -0.4 is 15.2 Å². The molecule has 0 saturated carbocycles. The van der Waals surface area contributed by atoms with Crippen LogP contribution in [0.15, 0.2) is 12.1 Å². The average Bonchev–Trinajstić information content (AvgIpc) is 3.29. The molecule has 10 heteroatoms. The van der Waals surface area contributed by atoms with Gasteiger partial charge in [-0.3, -0.25) is 4.90 Å². The van der Waals surface area contributed by atoms with Crippen molar-refractivity contribution in [3.63, 3.8) is 0 Å². The van der Waals surface area contributed by atoms with Crippen LogP contribution in [-0.4, -0.2) is 50.3 Å². The lowest BCUT2D eigenvalue weighted by atomic mass is 10.1. The van der Waals surface area contributed by atoms with Crippen molar-refractivity contribution in [1.82, 2.24) is 24.4 Å². The van der Waals surface area contributed by atoms with Crippen molar-refractivity contribution >= 4 is 39.6 Å². The summed E-state index contributed by atoms with van der Waals surface area (Å²) in [7, 11) is 0. The van der Waals surface area contributed by atoms with Gasteiger partial charge in [-0.2, -0.15) is 14.4 Å². The number of halogens is 2. The first-order valence-electron chi connectivity index (χ1n) is 10.4. The van der Waals surface area contributed by atoms with Crippen LogP contribution in [0.25, 0.3) is 11.2 Å². The van der Waals surface area contributed by atoms with Crippen LogP contribution in [0, 0.1) is 9.65 Å². The summed E-state index contributed by atoms with van der Waals surface area (Å²) in [5, 5.41) is 0. The number of hydrogen-bond donors (Lipinski definition) is 1. The van der Waals surface area contributed by atoms with Crippen molar-refractivity contribution in [2.24, 2.45) is 0 Å². The molecule has 0 spiro atoms. The van der Waals surface area contributed by atoms with Gasteiger partial charge < -0.3 is 19.8 Å². The summed E-state index contributed by atoms with van der Waals surface area (Å²) < 4.78 is 28.0. The lowest BCUT2D eigenvalue weighted by Gasteiger charge is -2.26. The van der Waals surface area contributed by atoms with Gasteiger partial charge >= 0.3 is 6.08 Å². The first-order chi connectivity index (χ1) is 14.9. The number of anilines is 1. The predicted octanol–water partition coefficient (Wildman–Crippen LogP) is 3.59. The van der Waals surface area contributed by atoms with Crippen LogP contribution in [0.3, 0.4) is 0 Å². The molecular weight excluding hydrogens is 514 g/mol. The molecule has 3 heterocycles. The molecule has 1 aliphatic heterocycles. The van der Waals surface area contributed by atoms with E-state index >= 15 is 0 Å². The number of benzene rings is 1. The molecule has 0 aliphatic carbocycles. The van der Waals surface area contributed by atoms with Crippen molar-refractivity contribution in [3.05, 3.63) is 33.2 Å². The van der Waals surface area contributed by atoms with E-state index in [1.54, 1.807) is 0 Å². The van der Waals surface area contributed by atoms with Gasteiger partial charge in [0.1, 0.15) is 5.82 Å². The average molecular weight is 540 g/mol. The Labute approximate surface area is 194 Å². The third-order valence-electron chi connectivity index (χ3n) is 5.42. The van der Waals surface area contributed by atoms with Gasteiger partial charge in [0.25, 0.3) is 0 Å². The van der Waals surface area contributed by atoms with Crippen molar-refractivity contribution in [2.75, 3.05) is 25.6 Å². The highest BCUT2D eigenvalue weighted by Gasteiger charge is 2.21. The molecule has 1 aliphatic rings. The maximum atomic E-state index is 14.0. The second-order valence-corrected chi connectivity index (χ2v) is 9.00. The van der Waals surface area contributed by atoms with Gasteiger partial charge in [0, 0.05) is 29.1 Å². The molecule has 4 rings (SSSR count). The number of hydrogen-bond acceptors (Lipinski definition) is 7. The molecule has 31 heavy (non-hydrogen) atoms. The van der Waals surface area contributed by atoms with Gasteiger partial charge in [-0.15, -0.1) is 0 Å². The molecule has 0 amide bonds. The molecule has 0 unspecified atom stereocenters. The van der Waals surface area contributed by atoms with Gasteiger partial charge in [0.05, 0.1) is 0 Å². The number of fused-ring (bicyclic) bond motifs is 2. The summed E-state index contributed by atoms with van der Waals surface area (Å²) >= 11 is 2.28.